The maximum absolute atomic E-state index is 9.37. The Hall–Kier alpha value is -0.630. The standard InChI is InChI=1S/C15H28N4/c1-15(12-16,17-13-4-5-13)8-11-19-9-6-14(7-10-19)18(2)3/h13-14,17H,4-11H2,1-3H3. The lowest BCUT2D eigenvalue weighted by molar-refractivity contribution is 0.138. The molecule has 0 spiro atoms. The van der Waals surface area contributed by atoms with Gasteiger partial charge in [-0.3, -0.25) is 5.32 Å². The molecular weight excluding hydrogens is 236 g/mol. The van der Waals surface area contributed by atoms with Gasteiger partial charge in [0.25, 0.3) is 0 Å². The quantitative estimate of drug-likeness (QED) is 0.788. The van der Waals surface area contributed by atoms with Crippen LogP contribution in [0.4, 0.5) is 0 Å². The topological polar surface area (TPSA) is 42.3 Å². The first-order valence-electron chi connectivity index (χ1n) is 7.60. The Labute approximate surface area is 117 Å². The zero-order chi connectivity index (χ0) is 13.9. The van der Waals surface area contributed by atoms with E-state index < -0.39 is 0 Å². The molecule has 1 N–H and O–H groups in total. The Morgan fingerprint density at radius 2 is 1.89 bits per heavy atom. The van der Waals surface area contributed by atoms with E-state index in [-0.39, 0.29) is 5.54 Å². The fourth-order valence-electron chi connectivity index (χ4n) is 2.88. The molecule has 1 saturated carbocycles. The fourth-order valence-corrected chi connectivity index (χ4v) is 2.88. The third kappa shape index (κ3) is 4.45. The number of nitrogens with one attached hydrogen (secondary N) is 1. The molecule has 4 heteroatoms. The molecule has 0 aromatic heterocycles. The van der Waals surface area contributed by atoms with Crippen LogP contribution in [0.3, 0.4) is 0 Å². The number of nitriles is 1. The van der Waals surface area contributed by atoms with Gasteiger partial charge in [-0.15, -0.1) is 0 Å². The van der Waals surface area contributed by atoms with Crippen LogP contribution in [0.2, 0.25) is 0 Å². The molecular formula is C15H28N4. The third-order valence-electron chi connectivity index (χ3n) is 4.56. The highest BCUT2D eigenvalue weighted by Gasteiger charge is 2.33. The average molecular weight is 264 g/mol. The van der Waals surface area contributed by atoms with E-state index in [4.69, 9.17) is 0 Å². The smallest absolute Gasteiger partial charge is 0.105 e. The average Bonchev–Trinajstić information content (AvgIpc) is 3.21. The molecule has 1 aliphatic carbocycles. The van der Waals surface area contributed by atoms with Crippen LogP contribution in [-0.4, -0.2) is 61.2 Å². The van der Waals surface area contributed by atoms with Crippen LogP contribution in [-0.2, 0) is 0 Å². The second-order valence-electron chi connectivity index (χ2n) is 6.65. The van der Waals surface area contributed by atoms with Crippen molar-refractivity contribution in [3.05, 3.63) is 0 Å². The summed E-state index contributed by atoms with van der Waals surface area (Å²) in [5, 5.41) is 12.9. The first-order valence-corrected chi connectivity index (χ1v) is 7.60. The highest BCUT2D eigenvalue weighted by Crippen LogP contribution is 2.24. The number of hydrogen-bond acceptors (Lipinski definition) is 4. The SMILES string of the molecule is CN(C)C1CCN(CCC(C)(C#N)NC2CC2)CC1. The second-order valence-corrected chi connectivity index (χ2v) is 6.65. The molecule has 2 fully saturated rings. The molecule has 0 bridgehead atoms. The summed E-state index contributed by atoms with van der Waals surface area (Å²) < 4.78 is 0. The van der Waals surface area contributed by atoms with E-state index in [9.17, 15) is 5.26 Å². The molecule has 2 rings (SSSR count). The highest BCUT2D eigenvalue weighted by molar-refractivity contribution is 5.07. The molecule has 1 heterocycles. The van der Waals surface area contributed by atoms with E-state index in [1.807, 2.05) is 0 Å². The zero-order valence-electron chi connectivity index (χ0n) is 12.7. The van der Waals surface area contributed by atoms with E-state index in [2.05, 4.69) is 42.2 Å². The minimum atomic E-state index is -0.334. The van der Waals surface area contributed by atoms with Crippen molar-refractivity contribution in [3.63, 3.8) is 0 Å². The van der Waals surface area contributed by atoms with E-state index in [0.29, 0.717) is 6.04 Å². The van der Waals surface area contributed by atoms with Gasteiger partial charge in [0.2, 0.25) is 0 Å². The zero-order valence-corrected chi connectivity index (χ0v) is 12.7. The molecule has 2 aliphatic rings. The molecule has 4 nitrogen and oxygen atoms in total. The molecule has 19 heavy (non-hydrogen) atoms. The lowest BCUT2D eigenvalue weighted by Gasteiger charge is -2.36. The number of likely N-dealkylation sites (tertiary alicyclic amines) is 1. The summed E-state index contributed by atoms with van der Waals surface area (Å²) in [4.78, 5) is 4.86. The predicted octanol–water partition coefficient (Wildman–Crippen LogP) is 1.44. The molecule has 0 aromatic carbocycles. The maximum atomic E-state index is 9.37. The van der Waals surface area contributed by atoms with Gasteiger partial charge in [0.1, 0.15) is 5.54 Å². The number of nitrogens with zero attached hydrogens (tertiary/aromatic N) is 3. The number of piperidine rings is 1. The first-order chi connectivity index (χ1) is 9.02. The van der Waals surface area contributed by atoms with Gasteiger partial charge in [-0.25, -0.2) is 0 Å². The van der Waals surface area contributed by atoms with Crippen molar-refractivity contribution in [1.82, 2.24) is 15.1 Å². The summed E-state index contributed by atoms with van der Waals surface area (Å²) in [6.07, 6.45) is 5.93. The van der Waals surface area contributed by atoms with Gasteiger partial charge in [-0.1, -0.05) is 0 Å². The minimum absolute atomic E-state index is 0.334. The van der Waals surface area contributed by atoms with Crippen LogP contribution < -0.4 is 5.32 Å². The summed E-state index contributed by atoms with van der Waals surface area (Å²) in [6.45, 7) is 5.45. The van der Waals surface area contributed by atoms with E-state index in [1.54, 1.807) is 0 Å². The van der Waals surface area contributed by atoms with Crippen LogP contribution in [0.25, 0.3) is 0 Å². The van der Waals surface area contributed by atoms with Crippen molar-refractivity contribution in [3.8, 4) is 6.07 Å². The molecule has 0 amide bonds. The summed E-state index contributed by atoms with van der Waals surface area (Å²) >= 11 is 0. The lowest BCUT2D eigenvalue weighted by atomic mass is 9.97. The van der Waals surface area contributed by atoms with Gasteiger partial charge in [0.05, 0.1) is 6.07 Å². The van der Waals surface area contributed by atoms with Gasteiger partial charge >= 0.3 is 0 Å². The van der Waals surface area contributed by atoms with Gasteiger partial charge in [0.15, 0.2) is 0 Å². The molecule has 1 saturated heterocycles. The van der Waals surface area contributed by atoms with Crippen molar-refractivity contribution >= 4 is 0 Å². The largest absolute Gasteiger partial charge is 0.306 e. The van der Waals surface area contributed by atoms with Gasteiger partial charge in [-0.2, -0.15) is 5.26 Å². The fraction of sp³-hybridized carbons (Fsp3) is 0.933. The van der Waals surface area contributed by atoms with Crippen LogP contribution in [0.5, 0.6) is 0 Å². The summed E-state index contributed by atoms with van der Waals surface area (Å²) in [5.74, 6) is 0. The van der Waals surface area contributed by atoms with Crippen molar-refractivity contribution in [2.24, 2.45) is 0 Å². The molecule has 1 atom stereocenters. The summed E-state index contributed by atoms with van der Waals surface area (Å²) in [5.41, 5.74) is -0.334. The van der Waals surface area contributed by atoms with Crippen molar-refractivity contribution in [2.45, 2.75) is 56.7 Å². The van der Waals surface area contributed by atoms with Crippen molar-refractivity contribution in [2.75, 3.05) is 33.7 Å². The van der Waals surface area contributed by atoms with E-state index in [0.717, 1.165) is 19.0 Å². The lowest BCUT2D eigenvalue weighted by Crippen LogP contribution is -2.47. The molecule has 1 aliphatic heterocycles. The second kappa shape index (κ2) is 6.21. The predicted molar refractivity (Wildman–Crippen MR) is 77.9 cm³/mol. The van der Waals surface area contributed by atoms with Crippen molar-refractivity contribution < 1.29 is 0 Å². The highest BCUT2D eigenvalue weighted by atomic mass is 15.2. The monoisotopic (exact) mass is 264 g/mol. The van der Waals surface area contributed by atoms with E-state index in [1.165, 1.54) is 38.8 Å². The van der Waals surface area contributed by atoms with Crippen LogP contribution in [0.1, 0.15) is 39.0 Å². The molecule has 1 unspecified atom stereocenters. The van der Waals surface area contributed by atoms with Crippen LogP contribution in [0.15, 0.2) is 0 Å². The van der Waals surface area contributed by atoms with Crippen LogP contribution in [0, 0.1) is 11.3 Å². The molecule has 108 valence electrons. The minimum Gasteiger partial charge on any atom is -0.306 e. The van der Waals surface area contributed by atoms with E-state index >= 15 is 0 Å². The van der Waals surface area contributed by atoms with Gasteiger partial charge < -0.3 is 9.80 Å². The summed E-state index contributed by atoms with van der Waals surface area (Å²) in [7, 11) is 4.35. The Kier molecular flexibility index (Phi) is 4.83. The molecule has 0 radical (unpaired) electrons. The molecule has 0 aromatic rings. The Balaban J connectivity index is 1.71. The Bertz CT molecular complexity index is 324. The maximum Gasteiger partial charge on any atom is 0.105 e. The van der Waals surface area contributed by atoms with Gasteiger partial charge in [-0.05, 0) is 66.2 Å². The van der Waals surface area contributed by atoms with Crippen molar-refractivity contribution in [1.29, 1.82) is 5.26 Å². The van der Waals surface area contributed by atoms with Crippen LogP contribution >= 0.6 is 0 Å². The number of rotatable bonds is 6. The normalized spacial score (nSPS) is 25.2. The Morgan fingerprint density at radius 3 is 2.37 bits per heavy atom. The first kappa shape index (κ1) is 14.8. The third-order valence-corrected chi connectivity index (χ3v) is 4.56. The summed E-state index contributed by atoms with van der Waals surface area (Å²) in [6, 6.07) is 3.81. The van der Waals surface area contributed by atoms with Gasteiger partial charge in [0, 0.05) is 18.6 Å². The Morgan fingerprint density at radius 1 is 1.26 bits per heavy atom. The number of hydrogen-bond donors (Lipinski definition) is 1.